The normalized spacial score (nSPS) is 11.8. The molecule has 2 aromatic heterocycles. The van der Waals surface area contributed by atoms with E-state index in [0.717, 1.165) is 16.7 Å². The number of fused-ring (bicyclic) bond motifs is 1. The lowest BCUT2D eigenvalue weighted by atomic mass is 10.2. The van der Waals surface area contributed by atoms with Gasteiger partial charge in [0.2, 0.25) is 5.95 Å². The molecule has 3 N–H and O–H groups in total. The van der Waals surface area contributed by atoms with Gasteiger partial charge in [-0.15, -0.1) is 0 Å². The van der Waals surface area contributed by atoms with Crippen LogP contribution < -0.4 is 16.6 Å². The van der Waals surface area contributed by atoms with Gasteiger partial charge in [0, 0.05) is 0 Å². The Hall–Kier alpha value is -4.10. The number of aromatic nitrogens is 4. The first-order chi connectivity index (χ1) is 15.3. The number of hydrogen-bond donors (Lipinski definition) is 2. The highest BCUT2D eigenvalue weighted by Gasteiger charge is 2.24. The van der Waals surface area contributed by atoms with Gasteiger partial charge in [0.1, 0.15) is 40.6 Å². The summed E-state index contributed by atoms with van der Waals surface area (Å²) in [6, 6.07) is 8.98. The van der Waals surface area contributed by atoms with Crippen LogP contribution in [0.25, 0.3) is 16.6 Å². The number of hydrogen-bond acceptors (Lipinski definition) is 7. The summed E-state index contributed by atoms with van der Waals surface area (Å²) in [6.07, 6.45) is 1.23. The Labute approximate surface area is 184 Å². The van der Waals surface area contributed by atoms with Crippen molar-refractivity contribution in [1.82, 2.24) is 19.5 Å². The summed E-state index contributed by atoms with van der Waals surface area (Å²) < 4.78 is 30.2. The quantitative estimate of drug-likeness (QED) is 0.482. The highest BCUT2D eigenvalue weighted by molar-refractivity contribution is 6.35. The van der Waals surface area contributed by atoms with E-state index in [4.69, 9.17) is 17.3 Å². The third kappa shape index (κ3) is 3.59. The van der Waals surface area contributed by atoms with Crippen LogP contribution in [0.5, 0.6) is 0 Å². The molecule has 0 spiro atoms. The molecule has 0 radical (unpaired) electrons. The highest BCUT2D eigenvalue weighted by atomic mass is 35.5. The smallest absolute Gasteiger partial charge is 0.267 e. The standard InChI is InChI=1S/C21H14ClF2N7O/c1-10(28-18-11(8-25)9-27-21(26)30-18)19-29-15-7-2-4-12(22)16(15)20(32)31(19)17-13(23)5-3-6-14(17)24/h2-7,9-10H,1H3,(H3,26,27,28,30)/t10-/m1/s1. The molecular weight excluding hydrogens is 440 g/mol. The van der Waals surface area contributed by atoms with Gasteiger partial charge in [0.15, 0.2) is 0 Å². The first-order valence-corrected chi connectivity index (χ1v) is 9.64. The first kappa shape index (κ1) is 21.1. The number of nitrogens with one attached hydrogen (secondary N) is 1. The van der Waals surface area contributed by atoms with Crippen molar-refractivity contribution in [3.63, 3.8) is 0 Å². The second-order valence-corrected chi connectivity index (χ2v) is 7.19. The van der Waals surface area contributed by atoms with E-state index in [1.807, 2.05) is 6.07 Å². The molecule has 0 fully saturated rings. The Kier molecular flexibility index (Phi) is 5.42. The van der Waals surface area contributed by atoms with Gasteiger partial charge in [0.25, 0.3) is 5.56 Å². The van der Waals surface area contributed by atoms with Crippen LogP contribution in [-0.4, -0.2) is 19.5 Å². The van der Waals surface area contributed by atoms with Gasteiger partial charge in [0.05, 0.1) is 28.2 Å². The Morgan fingerprint density at radius 1 is 1.19 bits per heavy atom. The molecule has 4 rings (SSSR count). The van der Waals surface area contributed by atoms with E-state index >= 15 is 0 Å². The molecule has 0 saturated heterocycles. The van der Waals surface area contributed by atoms with Crippen LogP contribution >= 0.6 is 11.6 Å². The van der Waals surface area contributed by atoms with Crippen molar-refractivity contribution in [3.8, 4) is 11.8 Å². The molecule has 0 aliphatic carbocycles. The van der Waals surface area contributed by atoms with Crippen LogP contribution in [0.15, 0.2) is 47.4 Å². The molecule has 4 aromatic rings. The number of benzene rings is 2. The fourth-order valence-corrected chi connectivity index (χ4v) is 3.52. The summed E-state index contributed by atoms with van der Waals surface area (Å²) in [4.78, 5) is 25.6. The SMILES string of the molecule is C[C@@H](Nc1nc(N)ncc1C#N)c1nc2cccc(Cl)c2c(=O)n1-c1c(F)cccc1F. The maximum absolute atomic E-state index is 14.7. The highest BCUT2D eigenvalue weighted by Crippen LogP contribution is 2.27. The zero-order valence-electron chi connectivity index (χ0n) is 16.5. The van der Waals surface area contributed by atoms with Crippen LogP contribution in [0.3, 0.4) is 0 Å². The van der Waals surface area contributed by atoms with Gasteiger partial charge in [-0.2, -0.15) is 10.2 Å². The number of para-hydroxylation sites is 1. The number of nitrogen functional groups attached to an aromatic ring is 1. The Morgan fingerprint density at radius 3 is 2.56 bits per heavy atom. The molecule has 160 valence electrons. The molecule has 0 aliphatic heterocycles. The lowest BCUT2D eigenvalue weighted by molar-refractivity contribution is 0.558. The largest absolute Gasteiger partial charge is 0.368 e. The van der Waals surface area contributed by atoms with E-state index in [0.29, 0.717) is 0 Å². The van der Waals surface area contributed by atoms with Gasteiger partial charge in [-0.25, -0.2) is 18.7 Å². The van der Waals surface area contributed by atoms with Crippen molar-refractivity contribution >= 4 is 34.3 Å². The van der Waals surface area contributed by atoms with Gasteiger partial charge in [-0.3, -0.25) is 9.36 Å². The Morgan fingerprint density at radius 2 is 1.88 bits per heavy atom. The van der Waals surface area contributed by atoms with Crippen molar-refractivity contribution in [2.45, 2.75) is 13.0 Å². The lowest BCUT2D eigenvalue weighted by Crippen LogP contribution is -2.29. The van der Waals surface area contributed by atoms with Gasteiger partial charge >= 0.3 is 0 Å². The number of nitrogens with two attached hydrogens (primary N) is 1. The summed E-state index contributed by atoms with van der Waals surface area (Å²) in [5, 5.41) is 12.3. The molecule has 8 nitrogen and oxygen atoms in total. The van der Waals surface area contributed by atoms with Crippen LogP contribution in [-0.2, 0) is 0 Å². The fourth-order valence-electron chi connectivity index (χ4n) is 3.27. The number of halogens is 3. The van der Waals surface area contributed by atoms with E-state index in [1.165, 1.54) is 18.3 Å². The fraction of sp³-hybridized carbons (Fsp3) is 0.0952. The van der Waals surface area contributed by atoms with E-state index in [-0.39, 0.29) is 39.1 Å². The van der Waals surface area contributed by atoms with Crippen molar-refractivity contribution in [1.29, 1.82) is 5.26 Å². The van der Waals surface area contributed by atoms with E-state index in [9.17, 15) is 18.8 Å². The van der Waals surface area contributed by atoms with Crippen LogP contribution in [0.1, 0.15) is 24.4 Å². The molecule has 11 heteroatoms. The van der Waals surface area contributed by atoms with Crippen molar-refractivity contribution in [2.24, 2.45) is 0 Å². The average Bonchev–Trinajstić information content (AvgIpc) is 2.75. The summed E-state index contributed by atoms with van der Waals surface area (Å²) in [5.41, 5.74) is 4.59. The minimum absolute atomic E-state index is 0.0109. The summed E-state index contributed by atoms with van der Waals surface area (Å²) in [5.74, 6) is -1.96. The topological polar surface area (TPSA) is 123 Å². The van der Waals surface area contributed by atoms with Crippen LogP contribution in [0.2, 0.25) is 5.02 Å². The van der Waals surface area contributed by atoms with Gasteiger partial charge < -0.3 is 11.1 Å². The second-order valence-electron chi connectivity index (χ2n) is 6.78. The summed E-state index contributed by atoms with van der Waals surface area (Å²) >= 11 is 6.20. The second kappa shape index (κ2) is 8.20. The first-order valence-electron chi connectivity index (χ1n) is 9.26. The molecule has 2 aromatic carbocycles. The van der Waals surface area contributed by atoms with Crippen LogP contribution in [0, 0.1) is 23.0 Å². The lowest BCUT2D eigenvalue weighted by Gasteiger charge is -2.21. The number of anilines is 2. The number of rotatable bonds is 4. The van der Waals surface area contributed by atoms with Crippen molar-refractivity contribution in [3.05, 3.63) is 81.0 Å². The average molecular weight is 454 g/mol. The molecular formula is C21H14ClF2N7O. The zero-order chi connectivity index (χ0) is 23.0. The number of nitriles is 1. The third-order valence-corrected chi connectivity index (χ3v) is 5.02. The van der Waals surface area contributed by atoms with E-state index in [2.05, 4.69) is 20.3 Å². The molecule has 32 heavy (non-hydrogen) atoms. The van der Waals surface area contributed by atoms with Gasteiger partial charge in [-0.1, -0.05) is 23.7 Å². The minimum Gasteiger partial charge on any atom is -0.368 e. The third-order valence-electron chi connectivity index (χ3n) is 4.70. The Bertz CT molecular complexity index is 1450. The maximum atomic E-state index is 14.7. The molecule has 2 heterocycles. The minimum atomic E-state index is -0.960. The predicted octanol–water partition coefficient (Wildman–Crippen LogP) is 3.73. The zero-order valence-corrected chi connectivity index (χ0v) is 17.2. The van der Waals surface area contributed by atoms with E-state index in [1.54, 1.807) is 19.1 Å². The number of nitrogens with zero attached hydrogens (tertiary/aromatic N) is 5. The van der Waals surface area contributed by atoms with Gasteiger partial charge in [-0.05, 0) is 31.2 Å². The molecule has 1 atom stereocenters. The molecule has 0 amide bonds. The maximum Gasteiger partial charge on any atom is 0.267 e. The van der Waals surface area contributed by atoms with Crippen molar-refractivity contribution < 1.29 is 8.78 Å². The summed E-state index contributed by atoms with van der Waals surface area (Å²) in [6.45, 7) is 1.59. The predicted molar refractivity (Wildman–Crippen MR) is 115 cm³/mol. The Balaban J connectivity index is 2.00. The molecule has 0 unspecified atom stereocenters. The molecule has 0 bridgehead atoms. The molecule has 0 saturated carbocycles. The summed E-state index contributed by atoms with van der Waals surface area (Å²) in [7, 11) is 0. The molecule has 0 aliphatic rings. The van der Waals surface area contributed by atoms with Crippen molar-refractivity contribution in [2.75, 3.05) is 11.1 Å². The van der Waals surface area contributed by atoms with Crippen LogP contribution in [0.4, 0.5) is 20.5 Å². The van der Waals surface area contributed by atoms with E-state index < -0.39 is 28.9 Å². The monoisotopic (exact) mass is 453 g/mol.